The number of benzene rings is 2. The summed E-state index contributed by atoms with van der Waals surface area (Å²) in [4.78, 5) is 15.0. The van der Waals surface area contributed by atoms with E-state index < -0.39 is 14.9 Å². The number of aryl methyl sites for hydroxylation is 1. The fraction of sp³-hybridized carbons (Fsp3) is 0.429. The Kier molecular flexibility index (Phi) is 6.12. The number of non-ortho nitro benzene ring substituents is 1. The van der Waals surface area contributed by atoms with Crippen molar-refractivity contribution in [1.82, 2.24) is 4.31 Å². The molecule has 2 aromatic rings. The van der Waals surface area contributed by atoms with Gasteiger partial charge in [-0.3, -0.25) is 10.1 Å². The summed E-state index contributed by atoms with van der Waals surface area (Å²) >= 11 is 0. The highest BCUT2D eigenvalue weighted by atomic mass is 32.2. The van der Waals surface area contributed by atoms with Crippen LogP contribution in [0.15, 0.2) is 47.4 Å². The molecule has 0 N–H and O–H groups in total. The van der Waals surface area contributed by atoms with Crippen molar-refractivity contribution in [1.29, 1.82) is 0 Å². The number of ether oxygens (including phenoxy) is 1. The third-order valence-corrected chi connectivity index (χ3v) is 7.66. The van der Waals surface area contributed by atoms with Gasteiger partial charge in [0.2, 0.25) is 10.0 Å². The summed E-state index contributed by atoms with van der Waals surface area (Å²) in [7, 11) is -3.88. The molecule has 2 aliphatic rings. The number of nitro groups is 1. The molecule has 31 heavy (non-hydrogen) atoms. The summed E-state index contributed by atoms with van der Waals surface area (Å²) < 4.78 is 33.3. The molecule has 0 unspecified atom stereocenters. The van der Waals surface area contributed by atoms with Crippen LogP contribution < -0.4 is 9.80 Å². The van der Waals surface area contributed by atoms with Crippen molar-refractivity contribution in [3.05, 3.63) is 58.1 Å². The maximum absolute atomic E-state index is 13.4. The van der Waals surface area contributed by atoms with Gasteiger partial charge in [0.15, 0.2) is 0 Å². The first kappa shape index (κ1) is 21.5. The second kappa shape index (κ2) is 8.81. The largest absolute Gasteiger partial charge is 0.379 e. The van der Waals surface area contributed by atoms with Gasteiger partial charge in [-0.05, 0) is 30.7 Å². The Morgan fingerprint density at radius 2 is 1.61 bits per heavy atom. The van der Waals surface area contributed by atoms with Crippen molar-refractivity contribution in [2.75, 3.05) is 62.3 Å². The molecule has 0 aromatic heterocycles. The highest BCUT2D eigenvalue weighted by molar-refractivity contribution is 7.89. The van der Waals surface area contributed by atoms with Crippen LogP contribution in [0.1, 0.15) is 5.56 Å². The lowest BCUT2D eigenvalue weighted by Gasteiger charge is -2.38. The van der Waals surface area contributed by atoms with E-state index in [2.05, 4.69) is 30.0 Å². The van der Waals surface area contributed by atoms with Crippen LogP contribution in [0.3, 0.4) is 0 Å². The number of hydrogen-bond donors (Lipinski definition) is 0. The minimum atomic E-state index is -3.88. The van der Waals surface area contributed by atoms with Gasteiger partial charge in [-0.2, -0.15) is 4.31 Å². The molecule has 10 heteroatoms. The molecular formula is C21H26N4O5S. The van der Waals surface area contributed by atoms with Gasteiger partial charge in [-0.15, -0.1) is 0 Å². The van der Waals surface area contributed by atoms with Crippen molar-refractivity contribution < 1.29 is 18.1 Å². The number of nitrogens with zero attached hydrogens (tertiary/aromatic N) is 4. The summed E-state index contributed by atoms with van der Waals surface area (Å²) in [5.41, 5.74) is 2.62. The Labute approximate surface area is 182 Å². The van der Waals surface area contributed by atoms with Gasteiger partial charge in [0.25, 0.3) is 5.69 Å². The van der Waals surface area contributed by atoms with Gasteiger partial charge in [-0.25, -0.2) is 8.42 Å². The van der Waals surface area contributed by atoms with Crippen LogP contribution in [0.2, 0.25) is 0 Å². The van der Waals surface area contributed by atoms with E-state index in [0.717, 1.165) is 18.8 Å². The first-order chi connectivity index (χ1) is 14.9. The lowest BCUT2D eigenvalue weighted by atomic mass is 10.1. The van der Waals surface area contributed by atoms with Gasteiger partial charge >= 0.3 is 0 Å². The maximum Gasteiger partial charge on any atom is 0.270 e. The Morgan fingerprint density at radius 3 is 2.26 bits per heavy atom. The highest BCUT2D eigenvalue weighted by Gasteiger charge is 2.32. The van der Waals surface area contributed by atoms with E-state index in [1.807, 2.05) is 11.0 Å². The van der Waals surface area contributed by atoms with Gasteiger partial charge in [-0.1, -0.05) is 12.1 Å². The van der Waals surface area contributed by atoms with Crippen molar-refractivity contribution >= 4 is 27.1 Å². The molecule has 0 bridgehead atoms. The maximum atomic E-state index is 13.4. The molecule has 0 saturated carbocycles. The zero-order valence-corrected chi connectivity index (χ0v) is 18.3. The molecular weight excluding hydrogens is 420 g/mol. The molecule has 2 fully saturated rings. The Bertz CT molecular complexity index is 1060. The molecule has 0 spiro atoms. The Morgan fingerprint density at radius 1 is 0.935 bits per heavy atom. The zero-order chi connectivity index (χ0) is 22.0. The average Bonchev–Trinajstić information content (AvgIpc) is 2.79. The SMILES string of the molecule is Cc1cccc(N2CCN(c3ccc([N+](=O)[O-])cc3S(=O)(=O)N3CCOCC3)CC2)c1. The van der Waals surface area contributed by atoms with Gasteiger partial charge in [0.05, 0.1) is 23.8 Å². The molecule has 4 rings (SSSR count). The molecule has 2 aliphatic heterocycles. The predicted octanol–water partition coefficient (Wildman–Crippen LogP) is 2.25. The van der Waals surface area contributed by atoms with Crippen LogP contribution in [0.5, 0.6) is 0 Å². The van der Waals surface area contributed by atoms with E-state index in [-0.39, 0.29) is 23.7 Å². The Balaban J connectivity index is 1.62. The summed E-state index contributed by atoms with van der Waals surface area (Å²) in [5, 5.41) is 11.3. The van der Waals surface area contributed by atoms with Crippen molar-refractivity contribution in [3.63, 3.8) is 0 Å². The van der Waals surface area contributed by atoms with Crippen LogP contribution in [-0.4, -0.2) is 70.1 Å². The summed E-state index contributed by atoms with van der Waals surface area (Å²) in [6, 6.07) is 12.4. The summed E-state index contributed by atoms with van der Waals surface area (Å²) in [5.74, 6) is 0. The minimum Gasteiger partial charge on any atom is -0.379 e. The molecule has 166 valence electrons. The summed E-state index contributed by atoms with van der Waals surface area (Å²) in [6.07, 6.45) is 0. The van der Waals surface area contributed by atoms with Crippen LogP contribution in [-0.2, 0) is 14.8 Å². The standard InChI is InChI=1S/C21H26N4O5S/c1-17-3-2-4-18(15-17)22-7-9-23(10-8-22)20-6-5-19(25(26)27)16-21(20)31(28,29)24-11-13-30-14-12-24/h2-6,15-16H,7-14H2,1H3. The van der Waals surface area contributed by atoms with Crippen LogP contribution in [0.4, 0.5) is 17.1 Å². The number of piperazine rings is 1. The molecule has 0 radical (unpaired) electrons. The summed E-state index contributed by atoms with van der Waals surface area (Å²) in [6.45, 7) is 5.89. The van der Waals surface area contributed by atoms with E-state index in [4.69, 9.17) is 4.74 Å². The molecule has 0 aliphatic carbocycles. The van der Waals surface area contributed by atoms with E-state index in [1.54, 1.807) is 6.07 Å². The molecule has 0 amide bonds. The smallest absolute Gasteiger partial charge is 0.270 e. The fourth-order valence-corrected chi connectivity index (χ4v) is 5.68. The first-order valence-corrected chi connectivity index (χ1v) is 11.7. The molecule has 2 heterocycles. The third kappa shape index (κ3) is 4.51. The number of anilines is 2. The minimum absolute atomic E-state index is 0.00685. The van der Waals surface area contributed by atoms with Gasteiger partial charge < -0.3 is 14.5 Å². The number of nitro benzene ring substituents is 1. The van der Waals surface area contributed by atoms with Crippen LogP contribution in [0, 0.1) is 17.0 Å². The number of rotatable bonds is 5. The molecule has 9 nitrogen and oxygen atoms in total. The Hall–Kier alpha value is -2.69. The lowest BCUT2D eigenvalue weighted by Crippen LogP contribution is -2.47. The fourth-order valence-electron chi connectivity index (χ4n) is 4.04. The van der Waals surface area contributed by atoms with E-state index in [0.29, 0.717) is 32.0 Å². The van der Waals surface area contributed by atoms with Crippen LogP contribution in [0.25, 0.3) is 0 Å². The van der Waals surface area contributed by atoms with Gasteiger partial charge in [0, 0.05) is 57.1 Å². The average molecular weight is 447 g/mol. The van der Waals surface area contributed by atoms with Crippen LogP contribution >= 0.6 is 0 Å². The van der Waals surface area contributed by atoms with Crippen molar-refractivity contribution in [2.24, 2.45) is 0 Å². The van der Waals surface area contributed by atoms with Gasteiger partial charge in [0.1, 0.15) is 4.90 Å². The van der Waals surface area contributed by atoms with Crippen molar-refractivity contribution in [3.8, 4) is 0 Å². The number of morpholine rings is 1. The zero-order valence-electron chi connectivity index (χ0n) is 17.4. The quantitative estimate of drug-likeness (QED) is 0.513. The normalized spacial score (nSPS) is 18.2. The molecule has 2 aromatic carbocycles. The number of sulfonamides is 1. The second-order valence-electron chi connectivity index (χ2n) is 7.74. The molecule has 2 saturated heterocycles. The van der Waals surface area contributed by atoms with E-state index in [1.165, 1.54) is 22.0 Å². The van der Waals surface area contributed by atoms with E-state index in [9.17, 15) is 18.5 Å². The second-order valence-corrected chi connectivity index (χ2v) is 9.65. The lowest BCUT2D eigenvalue weighted by molar-refractivity contribution is -0.385. The molecule has 0 atom stereocenters. The van der Waals surface area contributed by atoms with Crippen molar-refractivity contribution in [2.45, 2.75) is 11.8 Å². The highest BCUT2D eigenvalue weighted by Crippen LogP contribution is 2.33. The predicted molar refractivity (Wildman–Crippen MR) is 118 cm³/mol. The first-order valence-electron chi connectivity index (χ1n) is 10.3. The third-order valence-electron chi connectivity index (χ3n) is 5.73. The number of hydrogen-bond acceptors (Lipinski definition) is 7. The topological polar surface area (TPSA) is 96.2 Å². The van der Waals surface area contributed by atoms with E-state index >= 15 is 0 Å². The monoisotopic (exact) mass is 446 g/mol.